The number of alkyl halides is 2. The Balaban J connectivity index is 2.31. The molecule has 2 aromatic rings. The minimum Gasteiger partial charge on any atom is -0.432 e. The maximum Gasteiger partial charge on any atom is 0.387 e. The van der Waals surface area contributed by atoms with Crippen LogP contribution in [-0.4, -0.2) is 32.4 Å². The van der Waals surface area contributed by atoms with E-state index in [2.05, 4.69) is 4.74 Å². The molecule has 0 aliphatic carbocycles. The lowest BCUT2D eigenvalue weighted by Crippen LogP contribution is -2.32. The van der Waals surface area contributed by atoms with Gasteiger partial charge in [-0.1, -0.05) is 30.3 Å². The quantitative estimate of drug-likeness (QED) is 0.717. The van der Waals surface area contributed by atoms with Crippen molar-refractivity contribution in [2.24, 2.45) is 5.73 Å². The first-order chi connectivity index (χ1) is 12.3. The first kappa shape index (κ1) is 20.2. The van der Waals surface area contributed by atoms with Gasteiger partial charge in [0, 0.05) is 13.1 Å². The zero-order valence-electron chi connectivity index (χ0n) is 13.8. The smallest absolute Gasteiger partial charge is 0.387 e. The van der Waals surface area contributed by atoms with Crippen molar-refractivity contribution < 1.29 is 26.3 Å². The summed E-state index contributed by atoms with van der Waals surface area (Å²) in [4.78, 5) is -0.343. The average molecular weight is 388 g/mol. The molecular weight excluding hydrogens is 369 g/mol. The van der Waals surface area contributed by atoms with Gasteiger partial charge in [0.25, 0.3) is 0 Å². The Morgan fingerprint density at radius 3 is 2.38 bits per heavy atom. The Labute approximate surface area is 150 Å². The highest BCUT2D eigenvalue weighted by Crippen LogP contribution is 2.25. The van der Waals surface area contributed by atoms with E-state index in [1.165, 1.54) is 4.31 Å². The number of nitrogens with zero attached hydrogens (tertiary/aromatic N) is 1. The van der Waals surface area contributed by atoms with E-state index < -0.39 is 28.2 Å². The topological polar surface area (TPSA) is 72.6 Å². The molecule has 0 heterocycles. The van der Waals surface area contributed by atoms with Crippen molar-refractivity contribution in [3.05, 3.63) is 59.9 Å². The lowest BCUT2D eigenvalue weighted by molar-refractivity contribution is -0.0522. The predicted octanol–water partition coefficient (Wildman–Crippen LogP) is 2.97. The Hall–Kier alpha value is -2.10. The second-order valence-electron chi connectivity index (χ2n) is 5.44. The summed E-state index contributed by atoms with van der Waals surface area (Å²) in [7, 11) is -4.04. The fraction of sp³-hybridized carbons (Fsp3) is 0.294. The van der Waals surface area contributed by atoms with E-state index in [4.69, 9.17) is 5.73 Å². The first-order valence-electron chi connectivity index (χ1n) is 7.83. The standard InChI is InChI=1S/C17H19F3N2O3S/c18-15-11-14(7-8-16(15)25-17(19)20)26(23,24)22(10-4-9-21)12-13-5-2-1-3-6-13/h1-3,5-8,11,17H,4,9-10,12,21H2. The SMILES string of the molecule is NCCCN(Cc1ccccc1)S(=O)(=O)c1ccc(OC(F)F)c(F)c1. The van der Waals surface area contributed by atoms with Crippen LogP contribution in [0.5, 0.6) is 5.75 Å². The third-order valence-electron chi connectivity index (χ3n) is 3.57. The fourth-order valence-corrected chi connectivity index (χ4v) is 3.80. The molecular formula is C17H19F3N2O3S. The molecule has 0 unspecified atom stereocenters. The molecule has 0 aliphatic heterocycles. The molecule has 0 atom stereocenters. The largest absolute Gasteiger partial charge is 0.432 e. The zero-order chi connectivity index (χ0) is 19.2. The maximum absolute atomic E-state index is 13.9. The summed E-state index contributed by atoms with van der Waals surface area (Å²) in [5, 5.41) is 0. The maximum atomic E-state index is 13.9. The van der Waals surface area contributed by atoms with Crippen LogP contribution in [0.25, 0.3) is 0 Å². The molecule has 0 saturated carbocycles. The van der Waals surface area contributed by atoms with E-state index in [0.717, 1.165) is 17.7 Å². The minimum atomic E-state index is -4.04. The van der Waals surface area contributed by atoms with E-state index in [0.29, 0.717) is 12.5 Å². The van der Waals surface area contributed by atoms with Crippen LogP contribution in [0.3, 0.4) is 0 Å². The summed E-state index contributed by atoms with van der Waals surface area (Å²) >= 11 is 0. The van der Waals surface area contributed by atoms with E-state index >= 15 is 0 Å². The molecule has 0 amide bonds. The van der Waals surface area contributed by atoms with Crippen molar-refractivity contribution in [2.45, 2.75) is 24.5 Å². The summed E-state index contributed by atoms with van der Waals surface area (Å²) in [6.45, 7) is -2.69. The Morgan fingerprint density at radius 1 is 1.12 bits per heavy atom. The van der Waals surface area contributed by atoms with Crippen LogP contribution in [-0.2, 0) is 16.6 Å². The van der Waals surface area contributed by atoms with Gasteiger partial charge in [-0.25, -0.2) is 12.8 Å². The molecule has 0 aromatic heterocycles. The molecule has 5 nitrogen and oxygen atoms in total. The van der Waals surface area contributed by atoms with Crippen LogP contribution in [0.1, 0.15) is 12.0 Å². The number of hydrogen-bond donors (Lipinski definition) is 1. The molecule has 0 saturated heterocycles. The van der Waals surface area contributed by atoms with Crippen LogP contribution >= 0.6 is 0 Å². The van der Waals surface area contributed by atoms with Crippen LogP contribution in [0.2, 0.25) is 0 Å². The van der Waals surface area contributed by atoms with Gasteiger partial charge < -0.3 is 10.5 Å². The van der Waals surface area contributed by atoms with Gasteiger partial charge in [-0.15, -0.1) is 0 Å². The molecule has 2 N–H and O–H groups in total. The van der Waals surface area contributed by atoms with E-state index in [1.54, 1.807) is 30.3 Å². The lowest BCUT2D eigenvalue weighted by Gasteiger charge is -2.22. The van der Waals surface area contributed by atoms with Crippen LogP contribution in [0.4, 0.5) is 13.2 Å². The number of benzene rings is 2. The number of hydrogen-bond acceptors (Lipinski definition) is 4. The van der Waals surface area contributed by atoms with Crippen molar-refractivity contribution in [3.8, 4) is 5.75 Å². The van der Waals surface area contributed by atoms with Crippen molar-refractivity contribution in [1.29, 1.82) is 0 Å². The molecule has 2 aromatic carbocycles. The van der Waals surface area contributed by atoms with Crippen molar-refractivity contribution in [3.63, 3.8) is 0 Å². The molecule has 0 radical (unpaired) electrons. The normalized spacial score (nSPS) is 11.9. The van der Waals surface area contributed by atoms with Crippen molar-refractivity contribution in [1.82, 2.24) is 4.31 Å². The van der Waals surface area contributed by atoms with Crippen LogP contribution in [0, 0.1) is 5.82 Å². The molecule has 9 heteroatoms. The number of sulfonamides is 1. The summed E-state index contributed by atoms with van der Waals surface area (Å²) in [6.07, 6.45) is 0.418. The number of ether oxygens (including phenoxy) is 1. The Morgan fingerprint density at radius 2 is 1.81 bits per heavy atom. The lowest BCUT2D eigenvalue weighted by atomic mass is 10.2. The van der Waals surface area contributed by atoms with Gasteiger partial charge in [0.2, 0.25) is 10.0 Å². The van der Waals surface area contributed by atoms with Gasteiger partial charge in [0.05, 0.1) is 4.90 Å². The molecule has 0 aliphatic rings. The summed E-state index contributed by atoms with van der Waals surface area (Å²) in [5.74, 6) is -1.89. The summed E-state index contributed by atoms with van der Waals surface area (Å²) < 4.78 is 69.3. The Bertz CT molecular complexity index is 817. The minimum absolute atomic E-state index is 0.0834. The van der Waals surface area contributed by atoms with E-state index in [1.807, 2.05) is 0 Å². The highest BCUT2D eigenvalue weighted by Gasteiger charge is 2.26. The average Bonchev–Trinajstić information content (AvgIpc) is 2.60. The highest BCUT2D eigenvalue weighted by molar-refractivity contribution is 7.89. The van der Waals surface area contributed by atoms with E-state index in [9.17, 15) is 21.6 Å². The predicted molar refractivity (Wildman–Crippen MR) is 90.7 cm³/mol. The molecule has 142 valence electrons. The molecule has 0 fully saturated rings. The van der Waals surface area contributed by atoms with Gasteiger partial charge >= 0.3 is 6.61 Å². The van der Waals surface area contributed by atoms with Gasteiger partial charge in [0.15, 0.2) is 11.6 Å². The van der Waals surface area contributed by atoms with Crippen LogP contribution in [0.15, 0.2) is 53.4 Å². The highest BCUT2D eigenvalue weighted by atomic mass is 32.2. The third kappa shape index (κ3) is 5.20. The number of halogens is 3. The van der Waals surface area contributed by atoms with Gasteiger partial charge in [-0.3, -0.25) is 0 Å². The molecule has 26 heavy (non-hydrogen) atoms. The zero-order valence-corrected chi connectivity index (χ0v) is 14.6. The fourth-order valence-electron chi connectivity index (χ4n) is 2.32. The van der Waals surface area contributed by atoms with E-state index in [-0.39, 0.29) is 24.5 Å². The molecule has 2 rings (SSSR count). The van der Waals surface area contributed by atoms with Gasteiger partial charge in [-0.2, -0.15) is 13.1 Å². The number of rotatable bonds is 9. The van der Waals surface area contributed by atoms with Crippen molar-refractivity contribution >= 4 is 10.0 Å². The monoisotopic (exact) mass is 388 g/mol. The second-order valence-corrected chi connectivity index (χ2v) is 7.38. The summed E-state index contributed by atoms with van der Waals surface area (Å²) in [6, 6.07) is 11.5. The van der Waals surface area contributed by atoms with Gasteiger partial charge in [-0.05, 0) is 36.7 Å². The van der Waals surface area contributed by atoms with Gasteiger partial charge in [0.1, 0.15) is 0 Å². The van der Waals surface area contributed by atoms with Crippen molar-refractivity contribution in [2.75, 3.05) is 13.1 Å². The number of nitrogens with two attached hydrogens (primary N) is 1. The Kier molecular flexibility index (Phi) is 7.01. The molecule has 0 spiro atoms. The molecule has 0 bridgehead atoms. The summed E-state index contributed by atoms with van der Waals surface area (Å²) in [5.41, 5.74) is 6.23. The van der Waals surface area contributed by atoms with Crippen LogP contribution < -0.4 is 10.5 Å². The first-order valence-corrected chi connectivity index (χ1v) is 9.27. The third-order valence-corrected chi connectivity index (χ3v) is 5.41. The second kappa shape index (κ2) is 9.02.